The van der Waals surface area contributed by atoms with Crippen LogP contribution in [-0.2, 0) is 16.0 Å². The van der Waals surface area contributed by atoms with Gasteiger partial charge < -0.3 is 13.8 Å². The van der Waals surface area contributed by atoms with Gasteiger partial charge in [-0.15, -0.1) is 0 Å². The molecular weight excluding hydrogens is 285 g/mol. The third-order valence-corrected chi connectivity index (χ3v) is 2.95. The van der Waals surface area contributed by atoms with Crippen LogP contribution in [0, 0.1) is 0 Å². The highest BCUT2D eigenvalue weighted by Crippen LogP contribution is 2.17. The van der Waals surface area contributed by atoms with E-state index in [1.54, 1.807) is 6.92 Å². The normalized spacial score (nSPS) is 12.7. The molecule has 0 radical (unpaired) electrons. The Morgan fingerprint density at radius 2 is 2.32 bits per heavy atom. The zero-order valence-corrected chi connectivity index (χ0v) is 10.8. The Labute approximate surface area is 110 Å². The van der Waals surface area contributed by atoms with E-state index in [-0.39, 0.29) is 16.7 Å². The first kappa shape index (κ1) is 15.6. The van der Waals surface area contributed by atoms with Gasteiger partial charge >= 0.3 is 11.3 Å². The minimum Gasteiger partial charge on any atom is -0.608 e. The lowest BCUT2D eigenvalue weighted by Gasteiger charge is -2.03. The van der Waals surface area contributed by atoms with Gasteiger partial charge in [-0.25, -0.2) is 4.39 Å². The molecule has 1 heterocycles. The van der Waals surface area contributed by atoms with Crippen molar-refractivity contribution in [1.82, 2.24) is 4.98 Å². The molecule has 106 valence electrons. The molecule has 19 heavy (non-hydrogen) atoms. The fourth-order valence-electron chi connectivity index (χ4n) is 0.963. The van der Waals surface area contributed by atoms with Gasteiger partial charge in [-0.1, -0.05) is 5.16 Å². The van der Waals surface area contributed by atoms with E-state index < -0.39 is 29.5 Å². The Balaban J connectivity index is 2.54. The molecule has 0 saturated carbocycles. The Morgan fingerprint density at radius 1 is 1.58 bits per heavy atom. The second kappa shape index (κ2) is 7.85. The first-order valence-corrected chi connectivity index (χ1v) is 6.55. The maximum absolute atomic E-state index is 12.5. The summed E-state index contributed by atoms with van der Waals surface area (Å²) >= 11 is -1.79. The average Bonchev–Trinajstić information content (AvgIpc) is 2.84. The van der Waals surface area contributed by atoms with Crippen molar-refractivity contribution < 1.29 is 27.0 Å². The molecule has 0 saturated heterocycles. The van der Waals surface area contributed by atoms with Crippen LogP contribution in [0.5, 0.6) is 0 Å². The van der Waals surface area contributed by atoms with Gasteiger partial charge in [0.2, 0.25) is 0 Å². The fraction of sp³-hybridized carbons (Fsp3) is 0.400. The van der Waals surface area contributed by atoms with Crippen molar-refractivity contribution >= 4 is 17.4 Å². The SMILES string of the molecule is CCON=Cc1cnc([S+]([O-])CCC(F)=C(F)F)o1. The second-order valence-electron chi connectivity index (χ2n) is 3.15. The maximum atomic E-state index is 12.5. The van der Waals surface area contributed by atoms with Crippen molar-refractivity contribution in [2.75, 3.05) is 12.4 Å². The lowest BCUT2D eigenvalue weighted by atomic mass is 10.4. The largest absolute Gasteiger partial charge is 0.608 e. The van der Waals surface area contributed by atoms with Gasteiger partial charge in [0.15, 0.2) is 11.6 Å². The van der Waals surface area contributed by atoms with E-state index in [9.17, 15) is 17.7 Å². The molecule has 0 amide bonds. The number of allylic oxidation sites excluding steroid dienone is 1. The molecule has 0 spiro atoms. The number of nitrogens with zero attached hydrogens (tertiary/aromatic N) is 2. The van der Waals surface area contributed by atoms with E-state index in [0.29, 0.717) is 6.61 Å². The second-order valence-corrected chi connectivity index (χ2v) is 4.59. The molecule has 5 nitrogen and oxygen atoms in total. The third-order valence-electron chi connectivity index (χ3n) is 1.79. The van der Waals surface area contributed by atoms with Crippen molar-refractivity contribution in [1.29, 1.82) is 0 Å². The van der Waals surface area contributed by atoms with E-state index >= 15 is 0 Å². The highest BCUT2D eigenvalue weighted by Gasteiger charge is 2.20. The third kappa shape index (κ3) is 5.35. The Hall–Kier alpha value is -1.48. The number of aromatic nitrogens is 1. The summed E-state index contributed by atoms with van der Waals surface area (Å²) in [7, 11) is 0. The smallest absolute Gasteiger partial charge is 0.415 e. The fourth-order valence-corrected chi connectivity index (χ4v) is 1.86. The van der Waals surface area contributed by atoms with Crippen LogP contribution in [0.2, 0.25) is 0 Å². The van der Waals surface area contributed by atoms with Gasteiger partial charge in [-0.05, 0) is 6.92 Å². The van der Waals surface area contributed by atoms with Gasteiger partial charge in [0.05, 0.1) is 12.6 Å². The quantitative estimate of drug-likeness (QED) is 0.440. The summed E-state index contributed by atoms with van der Waals surface area (Å²) in [5, 5.41) is 3.33. The highest BCUT2D eigenvalue weighted by molar-refractivity contribution is 7.91. The van der Waals surface area contributed by atoms with Crippen LogP contribution in [-0.4, -0.2) is 28.1 Å². The van der Waals surface area contributed by atoms with Gasteiger partial charge in [-0.2, -0.15) is 13.8 Å². The first-order valence-electron chi connectivity index (χ1n) is 5.23. The molecule has 1 aromatic heterocycles. The number of rotatable bonds is 7. The lowest BCUT2D eigenvalue weighted by molar-refractivity contribution is 0.160. The van der Waals surface area contributed by atoms with Gasteiger partial charge in [0.1, 0.15) is 18.6 Å². The van der Waals surface area contributed by atoms with E-state index in [1.165, 1.54) is 12.4 Å². The minimum absolute atomic E-state index is 0.176. The van der Waals surface area contributed by atoms with E-state index in [4.69, 9.17) is 4.42 Å². The highest BCUT2D eigenvalue weighted by atomic mass is 32.2. The molecule has 0 N–H and O–H groups in total. The molecule has 0 aromatic carbocycles. The standard InChI is InChI=1S/C10H11F3N2O3S/c1-2-17-15-6-7-5-14-10(18-7)19(16)4-3-8(11)9(12)13/h5-6H,2-4H2,1H3. The summed E-state index contributed by atoms with van der Waals surface area (Å²) in [6.45, 7) is 2.12. The van der Waals surface area contributed by atoms with Crippen LogP contribution < -0.4 is 0 Å². The van der Waals surface area contributed by atoms with E-state index in [1.807, 2.05) is 0 Å². The monoisotopic (exact) mass is 296 g/mol. The van der Waals surface area contributed by atoms with Crippen molar-refractivity contribution in [3.63, 3.8) is 0 Å². The number of halogens is 3. The first-order chi connectivity index (χ1) is 9.04. The molecule has 0 aliphatic heterocycles. The summed E-state index contributed by atoms with van der Waals surface area (Å²) in [6.07, 6.45) is -0.579. The topological polar surface area (TPSA) is 70.7 Å². The van der Waals surface area contributed by atoms with E-state index in [2.05, 4.69) is 15.0 Å². The lowest BCUT2D eigenvalue weighted by Crippen LogP contribution is -2.07. The summed E-state index contributed by atoms with van der Waals surface area (Å²) in [5.74, 6) is -1.73. The summed E-state index contributed by atoms with van der Waals surface area (Å²) in [5.41, 5.74) is 0. The molecule has 1 unspecified atom stereocenters. The van der Waals surface area contributed by atoms with Crippen LogP contribution in [0.4, 0.5) is 13.2 Å². The number of oxazole rings is 1. The molecular formula is C10H11F3N2O3S. The maximum Gasteiger partial charge on any atom is 0.415 e. The van der Waals surface area contributed by atoms with Crippen LogP contribution in [0.3, 0.4) is 0 Å². The summed E-state index contributed by atoms with van der Waals surface area (Å²) in [6, 6.07) is 0. The zero-order chi connectivity index (χ0) is 14.3. The van der Waals surface area contributed by atoms with Crippen LogP contribution in [0.1, 0.15) is 19.1 Å². The van der Waals surface area contributed by atoms with Crippen LogP contribution in [0.25, 0.3) is 0 Å². The molecule has 0 bridgehead atoms. The Bertz CT molecular complexity index is 461. The van der Waals surface area contributed by atoms with Crippen molar-refractivity contribution in [2.24, 2.45) is 5.16 Å². The van der Waals surface area contributed by atoms with Gasteiger partial charge in [0.25, 0.3) is 0 Å². The summed E-state index contributed by atoms with van der Waals surface area (Å²) < 4.78 is 52.7. The minimum atomic E-state index is -2.41. The van der Waals surface area contributed by atoms with E-state index in [0.717, 1.165) is 0 Å². The average molecular weight is 296 g/mol. The number of oxime groups is 1. The number of hydrogen-bond acceptors (Lipinski definition) is 5. The van der Waals surface area contributed by atoms with Gasteiger partial charge in [0, 0.05) is 11.2 Å². The Kier molecular flexibility index (Phi) is 6.43. The molecule has 1 rings (SSSR count). The van der Waals surface area contributed by atoms with Crippen molar-refractivity contribution in [3.05, 3.63) is 23.9 Å². The molecule has 1 aromatic rings. The zero-order valence-electron chi connectivity index (χ0n) is 9.94. The van der Waals surface area contributed by atoms with Gasteiger partial charge in [-0.3, -0.25) is 0 Å². The molecule has 0 fully saturated rings. The van der Waals surface area contributed by atoms with Crippen LogP contribution in [0.15, 0.2) is 32.9 Å². The van der Waals surface area contributed by atoms with Crippen molar-refractivity contribution in [3.8, 4) is 0 Å². The number of hydrogen-bond donors (Lipinski definition) is 0. The van der Waals surface area contributed by atoms with Crippen LogP contribution >= 0.6 is 0 Å². The molecule has 9 heteroatoms. The molecule has 0 aliphatic rings. The predicted molar refractivity (Wildman–Crippen MR) is 62.0 cm³/mol. The summed E-state index contributed by atoms with van der Waals surface area (Å²) in [4.78, 5) is 8.36. The Morgan fingerprint density at radius 3 is 2.95 bits per heavy atom. The molecule has 1 atom stereocenters. The molecule has 0 aliphatic carbocycles. The predicted octanol–water partition coefficient (Wildman–Crippen LogP) is 2.62. The van der Waals surface area contributed by atoms with Crippen molar-refractivity contribution in [2.45, 2.75) is 18.6 Å².